The van der Waals surface area contributed by atoms with Crippen LogP contribution in [0.15, 0.2) is 23.1 Å². The van der Waals surface area contributed by atoms with Crippen LogP contribution in [0, 0.1) is 0 Å². The molecule has 0 aromatic heterocycles. The molecule has 0 heterocycles. The molecule has 0 spiro atoms. The summed E-state index contributed by atoms with van der Waals surface area (Å²) in [7, 11) is -3.80. The highest BCUT2D eigenvalue weighted by molar-refractivity contribution is 7.86. The van der Waals surface area contributed by atoms with Crippen molar-refractivity contribution in [3.8, 4) is 0 Å². The zero-order valence-electron chi connectivity index (χ0n) is 11.8. The van der Waals surface area contributed by atoms with E-state index in [1.165, 1.54) is 18.2 Å². The highest BCUT2D eigenvalue weighted by Gasteiger charge is 2.19. The van der Waals surface area contributed by atoms with Crippen LogP contribution in [0.2, 0.25) is 0 Å². The van der Waals surface area contributed by atoms with E-state index in [2.05, 4.69) is 5.32 Å². The van der Waals surface area contributed by atoms with Crippen LogP contribution in [0.3, 0.4) is 0 Å². The van der Waals surface area contributed by atoms with Crippen LogP contribution in [0.25, 0.3) is 0 Å². The molecule has 0 saturated carbocycles. The van der Waals surface area contributed by atoms with Gasteiger partial charge in [0.15, 0.2) is 0 Å². The lowest BCUT2D eigenvalue weighted by atomic mass is 10.2. The Kier molecular flexibility index (Phi) is 5.97. The van der Waals surface area contributed by atoms with Crippen molar-refractivity contribution in [3.63, 3.8) is 0 Å². The van der Waals surface area contributed by atoms with E-state index < -0.39 is 16.1 Å². The Hall–Kier alpha value is -1.60. The van der Waals surface area contributed by atoms with E-state index in [0.717, 1.165) is 0 Å². The van der Waals surface area contributed by atoms with Gasteiger partial charge in [-0.05, 0) is 39.0 Å². The number of rotatable bonds is 7. The van der Waals surface area contributed by atoms with E-state index >= 15 is 0 Å². The lowest BCUT2D eigenvalue weighted by Crippen LogP contribution is -2.12. The van der Waals surface area contributed by atoms with Crippen LogP contribution in [-0.2, 0) is 19.0 Å². The summed E-state index contributed by atoms with van der Waals surface area (Å²) in [6.07, 6.45) is 0. The molecule has 0 aliphatic carbocycles. The number of carbonyl (C=O) groups excluding carboxylic acids is 1. The fraction of sp³-hybridized carbons (Fsp3) is 0.462. The first-order valence-corrected chi connectivity index (χ1v) is 7.81. The van der Waals surface area contributed by atoms with E-state index in [9.17, 15) is 13.2 Å². The summed E-state index contributed by atoms with van der Waals surface area (Å²) in [5.41, 5.74) is 0.705. The maximum absolute atomic E-state index is 11.8. The third-order valence-electron chi connectivity index (χ3n) is 2.42. The minimum atomic E-state index is -3.80. The first-order chi connectivity index (χ1) is 9.46. The smallest absolute Gasteiger partial charge is 0.340 e. The highest BCUT2D eigenvalue weighted by Crippen LogP contribution is 2.23. The van der Waals surface area contributed by atoms with E-state index in [-0.39, 0.29) is 18.1 Å². The molecule has 0 aliphatic heterocycles. The zero-order valence-corrected chi connectivity index (χ0v) is 12.6. The van der Waals surface area contributed by atoms with Crippen molar-refractivity contribution in [1.82, 2.24) is 0 Å². The van der Waals surface area contributed by atoms with E-state index in [1.807, 2.05) is 6.92 Å². The average Bonchev–Trinajstić information content (AvgIpc) is 2.39. The molecule has 20 heavy (non-hydrogen) atoms. The number of ether oxygens (including phenoxy) is 1. The number of nitrogens with one attached hydrogen (secondary N) is 1. The molecule has 1 N–H and O–H groups in total. The van der Waals surface area contributed by atoms with Gasteiger partial charge < -0.3 is 10.1 Å². The first-order valence-electron chi connectivity index (χ1n) is 6.40. The van der Waals surface area contributed by atoms with Gasteiger partial charge in [0.2, 0.25) is 0 Å². The van der Waals surface area contributed by atoms with Crippen LogP contribution < -0.4 is 5.32 Å². The third kappa shape index (κ3) is 3.94. The van der Waals surface area contributed by atoms with Crippen LogP contribution in [0.5, 0.6) is 0 Å². The van der Waals surface area contributed by atoms with Gasteiger partial charge >= 0.3 is 5.97 Å². The van der Waals surface area contributed by atoms with Crippen molar-refractivity contribution < 1.29 is 22.1 Å². The molecule has 0 amide bonds. The number of esters is 1. The average molecular weight is 301 g/mol. The summed E-state index contributed by atoms with van der Waals surface area (Å²) in [4.78, 5) is 11.8. The number of hydrogen-bond donors (Lipinski definition) is 1. The molecule has 0 saturated heterocycles. The lowest BCUT2D eigenvalue weighted by molar-refractivity contribution is 0.0527. The second-order valence-electron chi connectivity index (χ2n) is 3.82. The largest absolute Gasteiger partial charge is 0.462 e. The van der Waals surface area contributed by atoms with Gasteiger partial charge in [-0.15, -0.1) is 0 Å². The Labute approximate surface area is 119 Å². The first kappa shape index (κ1) is 16.5. The molecule has 0 bridgehead atoms. The van der Waals surface area contributed by atoms with Gasteiger partial charge in [0.25, 0.3) is 10.1 Å². The van der Waals surface area contributed by atoms with Crippen molar-refractivity contribution >= 4 is 21.8 Å². The van der Waals surface area contributed by atoms with Crippen LogP contribution >= 0.6 is 0 Å². The Morgan fingerprint density at radius 2 is 1.90 bits per heavy atom. The number of hydrogen-bond acceptors (Lipinski definition) is 6. The van der Waals surface area contributed by atoms with Gasteiger partial charge in [-0.25, -0.2) is 4.79 Å². The topological polar surface area (TPSA) is 81.7 Å². The number of anilines is 1. The normalized spacial score (nSPS) is 11.2. The summed E-state index contributed by atoms with van der Waals surface area (Å²) in [6, 6.07) is 4.13. The SMILES string of the molecule is CCNc1cc(S(=O)(=O)OCC)ccc1C(=O)OCC. The van der Waals surface area contributed by atoms with Crippen molar-refractivity contribution in [2.75, 3.05) is 25.1 Å². The maximum Gasteiger partial charge on any atom is 0.340 e. The second-order valence-corrected chi connectivity index (χ2v) is 5.43. The summed E-state index contributed by atoms with van der Waals surface area (Å²) in [5, 5.41) is 2.95. The molecule has 0 aliphatic rings. The predicted molar refractivity (Wildman–Crippen MR) is 75.4 cm³/mol. The molecule has 1 aromatic carbocycles. The van der Waals surface area contributed by atoms with Gasteiger partial charge in [0, 0.05) is 6.54 Å². The third-order valence-corrected chi connectivity index (χ3v) is 3.79. The van der Waals surface area contributed by atoms with E-state index in [4.69, 9.17) is 8.92 Å². The lowest BCUT2D eigenvalue weighted by Gasteiger charge is -2.12. The van der Waals surface area contributed by atoms with Crippen molar-refractivity contribution in [2.24, 2.45) is 0 Å². The summed E-state index contributed by atoms with van der Waals surface area (Å²) in [5.74, 6) is -0.496. The minimum Gasteiger partial charge on any atom is -0.462 e. The predicted octanol–water partition coefficient (Wildman–Crippen LogP) is 2.02. The molecule has 6 nitrogen and oxygen atoms in total. The molecule has 7 heteroatoms. The van der Waals surface area contributed by atoms with Gasteiger partial charge in [-0.1, -0.05) is 0 Å². The molecule has 1 rings (SSSR count). The monoisotopic (exact) mass is 301 g/mol. The molecular formula is C13H19NO5S. The highest BCUT2D eigenvalue weighted by atomic mass is 32.2. The van der Waals surface area contributed by atoms with Crippen molar-refractivity contribution in [1.29, 1.82) is 0 Å². The molecule has 0 atom stereocenters. The fourth-order valence-corrected chi connectivity index (χ4v) is 2.57. The zero-order chi connectivity index (χ0) is 15.2. The van der Waals surface area contributed by atoms with Crippen LogP contribution in [-0.4, -0.2) is 34.1 Å². The fourth-order valence-electron chi connectivity index (χ4n) is 1.63. The second kappa shape index (κ2) is 7.25. The number of benzene rings is 1. The molecule has 0 fully saturated rings. The van der Waals surface area contributed by atoms with E-state index in [1.54, 1.807) is 13.8 Å². The van der Waals surface area contributed by atoms with E-state index in [0.29, 0.717) is 17.8 Å². The van der Waals surface area contributed by atoms with Gasteiger partial charge in [0.05, 0.1) is 29.4 Å². The van der Waals surface area contributed by atoms with Gasteiger partial charge in [-0.2, -0.15) is 8.42 Å². The minimum absolute atomic E-state index is 0.00310. The quantitative estimate of drug-likeness (QED) is 0.613. The standard InChI is InChI=1S/C13H19NO5S/c1-4-14-12-9-10(20(16,17)19-6-3)7-8-11(12)13(15)18-5-2/h7-9,14H,4-6H2,1-3H3. The Morgan fingerprint density at radius 1 is 1.20 bits per heavy atom. The molecule has 0 unspecified atom stereocenters. The van der Waals surface area contributed by atoms with Crippen molar-refractivity contribution in [2.45, 2.75) is 25.7 Å². The molecule has 112 valence electrons. The number of carbonyl (C=O) groups is 1. The molecular weight excluding hydrogens is 282 g/mol. The Balaban J connectivity index is 3.22. The Morgan fingerprint density at radius 3 is 2.45 bits per heavy atom. The van der Waals surface area contributed by atoms with Crippen LogP contribution in [0.1, 0.15) is 31.1 Å². The summed E-state index contributed by atoms with van der Waals surface area (Å²) < 4.78 is 33.3. The van der Waals surface area contributed by atoms with Crippen molar-refractivity contribution in [3.05, 3.63) is 23.8 Å². The molecule has 1 aromatic rings. The molecule has 0 radical (unpaired) electrons. The maximum atomic E-state index is 11.8. The Bertz CT molecular complexity index is 568. The van der Waals surface area contributed by atoms with Gasteiger partial charge in [-0.3, -0.25) is 4.18 Å². The summed E-state index contributed by atoms with van der Waals surface area (Å²) in [6.45, 7) is 6.00. The van der Waals surface area contributed by atoms with Gasteiger partial charge in [0.1, 0.15) is 0 Å². The van der Waals surface area contributed by atoms with Crippen LogP contribution in [0.4, 0.5) is 5.69 Å². The summed E-state index contributed by atoms with van der Waals surface area (Å²) >= 11 is 0.